The first-order valence-corrected chi connectivity index (χ1v) is 10.6. The van der Waals surface area contributed by atoms with E-state index in [1.165, 1.54) is 0 Å². The van der Waals surface area contributed by atoms with Gasteiger partial charge in [0, 0.05) is 23.2 Å². The maximum atomic E-state index is 12.9. The number of nitrogens with one attached hydrogen (secondary N) is 1. The molecule has 0 bridgehead atoms. The Hall–Kier alpha value is -2.80. The SMILES string of the molecule is COc1ccc(Br)cc1CN(C)C(=O)Nc1cc(C(C)C)nn1Cc1ccccc1. The summed E-state index contributed by atoms with van der Waals surface area (Å²) in [4.78, 5) is 14.5. The van der Waals surface area contributed by atoms with Gasteiger partial charge >= 0.3 is 6.03 Å². The van der Waals surface area contributed by atoms with Gasteiger partial charge in [0.1, 0.15) is 11.6 Å². The van der Waals surface area contributed by atoms with Crippen molar-refractivity contribution in [2.24, 2.45) is 0 Å². The molecule has 6 nitrogen and oxygen atoms in total. The number of halogens is 1. The highest BCUT2D eigenvalue weighted by Gasteiger charge is 2.17. The smallest absolute Gasteiger partial charge is 0.323 e. The molecule has 0 spiro atoms. The van der Waals surface area contributed by atoms with Crippen molar-refractivity contribution in [1.82, 2.24) is 14.7 Å². The number of nitrogens with zero attached hydrogens (tertiary/aromatic N) is 3. The van der Waals surface area contributed by atoms with E-state index in [0.29, 0.717) is 18.9 Å². The number of amides is 2. The second kappa shape index (κ2) is 9.80. The summed E-state index contributed by atoms with van der Waals surface area (Å²) in [5, 5.41) is 7.71. The normalized spacial score (nSPS) is 10.9. The Balaban J connectivity index is 1.77. The molecule has 1 heterocycles. The Morgan fingerprint density at radius 1 is 1.20 bits per heavy atom. The largest absolute Gasteiger partial charge is 0.496 e. The van der Waals surface area contributed by atoms with Crippen LogP contribution in [0, 0.1) is 0 Å². The molecule has 30 heavy (non-hydrogen) atoms. The highest BCUT2D eigenvalue weighted by Crippen LogP contribution is 2.25. The summed E-state index contributed by atoms with van der Waals surface area (Å²) in [6, 6.07) is 17.6. The molecule has 0 saturated carbocycles. The van der Waals surface area contributed by atoms with Crippen LogP contribution in [-0.2, 0) is 13.1 Å². The van der Waals surface area contributed by atoms with Crippen LogP contribution in [0.2, 0.25) is 0 Å². The van der Waals surface area contributed by atoms with Crippen LogP contribution in [-0.4, -0.2) is 34.9 Å². The molecule has 0 aliphatic carbocycles. The molecule has 2 aromatic carbocycles. The van der Waals surface area contributed by atoms with Crippen molar-refractivity contribution in [1.29, 1.82) is 0 Å². The van der Waals surface area contributed by atoms with Gasteiger partial charge in [0.25, 0.3) is 0 Å². The number of ether oxygens (including phenoxy) is 1. The standard InChI is InChI=1S/C23H27BrN4O2/c1-16(2)20-13-22(28(26-20)14-17-8-6-5-7-9-17)25-23(29)27(3)15-18-12-19(24)10-11-21(18)30-4/h5-13,16H,14-15H2,1-4H3,(H,25,29). The average molecular weight is 471 g/mol. The van der Waals surface area contributed by atoms with Gasteiger partial charge in [0.05, 0.1) is 25.9 Å². The van der Waals surface area contributed by atoms with Gasteiger partial charge in [-0.2, -0.15) is 5.10 Å². The molecule has 1 N–H and O–H groups in total. The summed E-state index contributed by atoms with van der Waals surface area (Å²) < 4.78 is 8.20. The number of anilines is 1. The molecule has 0 unspecified atom stereocenters. The van der Waals surface area contributed by atoms with Crippen LogP contribution in [0.5, 0.6) is 5.75 Å². The van der Waals surface area contributed by atoms with Crippen molar-refractivity contribution >= 4 is 27.8 Å². The molecule has 3 rings (SSSR count). The Morgan fingerprint density at radius 3 is 2.60 bits per heavy atom. The third-order valence-electron chi connectivity index (χ3n) is 4.80. The maximum absolute atomic E-state index is 12.9. The molecule has 2 amide bonds. The molecule has 0 fully saturated rings. The zero-order chi connectivity index (χ0) is 21.7. The number of rotatable bonds is 7. The van der Waals surface area contributed by atoms with Gasteiger partial charge in [0.2, 0.25) is 0 Å². The Labute approximate surface area is 186 Å². The first-order valence-electron chi connectivity index (χ1n) is 9.83. The topological polar surface area (TPSA) is 59.4 Å². The molecule has 0 saturated heterocycles. The van der Waals surface area contributed by atoms with Crippen LogP contribution in [0.25, 0.3) is 0 Å². The molecule has 0 aliphatic heterocycles. The predicted octanol–water partition coefficient (Wildman–Crippen LogP) is 5.49. The number of hydrogen-bond donors (Lipinski definition) is 1. The van der Waals surface area contributed by atoms with E-state index < -0.39 is 0 Å². The summed E-state index contributed by atoms with van der Waals surface area (Å²) in [5.41, 5.74) is 2.99. The van der Waals surface area contributed by atoms with Crippen molar-refractivity contribution in [2.45, 2.75) is 32.9 Å². The fraction of sp³-hybridized carbons (Fsp3) is 0.304. The van der Waals surface area contributed by atoms with E-state index in [9.17, 15) is 4.79 Å². The lowest BCUT2D eigenvalue weighted by molar-refractivity contribution is 0.220. The van der Waals surface area contributed by atoms with Crippen LogP contribution in [0.3, 0.4) is 0 Å². The van der Waals surface area contributed by atoms with Crippen molar-refractivity contribution in [3.8, 4) is 5.75 Å². The van der Waals surface area contributed by atoms with Gasteiger partial charge in [0.15, 0.2) is 0 Å². The van der Waals surface area contributed by atoms with Gasteiger partial charge < -0.3 is 9.64 Å². The average Bonchev–Trinajstić information content (AvgIpc) is 3.11. The fourth-order valence-corrected chi connectivity index (χ4v) is 3.51. The Kier molecular flexibility index (Phi) is 7.15. The fourth-order valence-electron chi connectivity index (χ4n) is 3.10. The van der Waals surface area contributed by atoms with E-state index in [4.69, 9.17) is 9.84 Å². The van der Waals surface area contributed by atoms with Gasteiger partial charge in [-0.15, -0.1) is 0 Å². The third-order valence-corrected chi connectivity index (χ3v) is 5.29. The molecule has 7 heteroatoms. The van der Waals surface area contributed by atoms with E-state index in [1.54, 1.807) is 19.1 Å². The quantitative estimate of drug-likeness (QED) is 0.496. The monoisotopic (exact) mass is 470 g/mol. The highest BCUT2D eigenvalue weighted by atomic mass is 79.9. The molecule has 0 aliphatic rings. The van der Waals surface area contributed by atoms with Crippen LogP contribution in [0.1, 0.15) is 36.6 Å². The highest BCUT2D eigenvalue weighted by molar-refractivity contribution is 9.10. The minimum atomic E-state index is -0.207. The van der Waals surface area contributed by atoms with E-state index >= 15 is 0 Å². The number of urea groups is 1. The molecule has 158 valence electrons. The number of methoxy groups -OCH3 is 1. The summed E-state index contributed by atoms with van der Waals surface area (Å²) in [7, 11) is 3.39. The first-order chi connectivity index (χ1) is 14.4. The van der Waals surface area contributed by atoms with Crippen LogP contribution < -0.4 is 10.1 Å². The lowest BCUT2D eigenvalue weighted by Gasteiger charge is -2.20. The molecule has 1 aromatic heterocycles. The summed E-state index contributed by atoms with van der Waals surface area (Å²) in [6.07, 6.45) is 0. The number of carbonyl (C=O) groups excluding carboxylic acids is 1. The minimum Gasteiger partial charge on any atom is -0.496 e. The molecule has 0 atom stereocenters. The number of carbonyl (C=O) groups is 1. The molecular formula is C23H27BrN4O2. The van der Waals surface area contributed by atoms with E-state index in [0.717, 1.165) is 27.0 Å². The van der Waals surface area contributed by atoms with Crippen molar-refractivity contribution in [2.75, 3.05) is 19.5 Å². The minimum absolute atomic E-state index is 0.207. The van der Waals surface area contributed by atoms with Gasteiger partial charge in [-0.25, -0.2) is 9.48 Å². The van der Waals surface area contributed by atoms with Crippen molar-refractivity contribution in [3.05, 3.63) is 75.9 Å². The van der Waals surface area contributed by atoms with Crippen LogP contribution >= 0.6 is 15.9 Å². The zero-order valence-corrected chi connectivity index (χ0v) is 19.3. The maximum Gasteiger partial charge on any atom is 0.323 e. The van der Waals surface area contributed by atoms with Crippen LogP contribution in [0.4, 0.5) is 10.6 Å². The van der Waals surface area contributed by atoms with Gasteiger partial charge in [-0.1, -0.05) is 60.1 Å². The predicted molar refractivity (Wildman–Crippen MR) is 123 cm³/mol. The number of benzene rings is 2. The summed E-state index contributed by atoms with van der Waals surface area (Å²) in [5.74, 6) is 1.69. The lowest BCUT2D eigenvalue weighted by Crippen LogP contribution is -2.31. The summed E-state index contributed by atoms with van der Waals surface area (Å²) in [6.45, 7) is 5.18. The second-order valence-corrected chi connectivity index (χ2v) is 8.41. The van der Waals surface area contributed by atoms with E-state index in [1.807, 2.05) is 59.3 Å². The summed E-state index contributed by atoms with van der Waals surface area (Å²) >= 11 is 3.48. The zero-order valence-electron chi connectivity index (χ0n) is 17.7. The molecular weight excluding hydrogens is 444 g/mol. The molecule has 3 aromatic rings. The number of hydrogen-bond acceptors (Lipinski definition) is 3. The lowest BCUT2D eigenvalue weighted by atomic mass is 10.1. The van der Waals surface area contributed by atoms with E-state index in [2.05, 4.69) is 35.1 Å². The van der Waals surface area contributed by atoms with Gasteiger partial charge in [-0.3, -0.25) is 5.32 Å². The number of aromatic nitrogens is 2. The van der Waals surface area contributed by atoms with Crippen molar-refractivity contribution < 1.29 is 9.53 Å². The first kappa shape index (κ1) is 21.9. The van der Waals surface area contributed by atoms with Crippen molar-refractivity contribution in [3.63, 3.8) is 0 Å². The van der Waals surface area contributed by atoms with Crippen LogP contribution in [0.15, 0.2) is 59.1 Å². The van der Waals surface area contributed by atoms with Gasteiger partial charge in [-0.05, 0) is 29.7 Å². The second-order valence-electron chi connectivity index (χ2n) is 7.49. The Bertz CT molecular complexity index is 1000. The molecule has 0 radical (unpaired) electrons. The third kappa shape index (κ3) is 5.42. The van der Waals surface area contributed by atoms with E-state index in [-0.39, 0.29) is 11.9 Å². The Morgan fingerprint density at radius 2 is 1.93 bits per heavy atom.